The molecule has 0 radical (unpaired) electrons. The van der Waals surface area contributed by atoms with Gasteiger partial charge in [0.1, 0.15) is 5.15 Å². The molecule has 98 valence electrons. The topological polar surface area (TPSA) is 68.0 Å². The van der Waals surface area contributed by atoms with Gasteiger partial charge in [-0.3, -0.25) is 4.79 Å². The van der Waals surface area contributed by atoms with Gasteiger partial charge in [0.05, 0.1) is 11.4 Å². The minimum absolute atomic E-state index is 0.211. The second kappa shape index (κ2) is 5.28. The first-order chi connectivity index (χ1) is 8.99. The second-order valence-electron chi connectivity index (χ2n) is 4.24. The number of carbonyl (C=O) groups excluding carboxylic acids is 1. The van der Waals surface area contributed by atoms with Crippen LogP contribution in [0.4, 0.5) is 11.4 Å². The summed E-state index contributed by atoms with van der Waals surface area (Å²) in [5.74, 6) is -0.211. The zero-order valence-electron chi connectivity index (χ0n) is 10.7. The number of rotatable bonds is 2. The molecule has 0 saturated carbocycles. The van der Waals surface area contributed by atoms with Crippen molar-refractivity contribution < 1.29 is 4.79 Å². The number of benzene rings is 1. The molecule has 1 amide bonds. The van der Waals surface area contributed by atoms with Crippen molar-refractivity contribution in [1.29, 1.82) is 0 Å². The maximum atomic E-state index is 12.2. The number of halogens is 1. The fourth-order valence-corrected chi connectivity index (χ4v) is 1.94. The first-order valence-corrected chi connectivity index (χ1v) is 6.16. The van der Waals surface area contributed by atoms with Gasteiger partial charge in [-0.15, -0.1) is 0 Å². The monoisotopic (exact) mass is 275 g/mol. The quantitative estimate of drug-likeness (QED) is 0.653. The number of amides is 1. The van der Waals surface area contributed by atoms with Crippen LogP contribution in [0.3, 0.4) is 0 Å². The maximum Gasteiger partial charge on any atom is 0.256 e. The van der Waals surface area contributed by atoms with Crippen molar-refractivity contribution in [2.45, 2.75) is 13.8 Å². The summed E-state index contributed by atoms with van der Waals surface area (Å²) in [6.45, 7) is 3.60. The highest BCUT2D eigenvalue weighted by atomic mass is 35.5. The molecular weight excluding hydrogens is 262 g/mol. The molecule has 0 aliphatic heterocycles. The summed E-state index contributed by atoms with van der Waals surface area (Å²) in [7, 11) is 0. The minimum Gasteiger partial charge on any atom is -0.398 e. The molecule has 2 aromatic rings. The number of nitrogen functional groups attached to an aromatic ring is 1. The van der Waals surface area contributed by atoms with E-state index in [0.717, 1.165) is 5.56 Å². The standard InChI is InChI=1S/C14H14ClN3O/c1-8-10(4-3-5-11(8)16)14(19)18-12-6-7-13(15)17-9(12)2/h3-7H,16H2,1-2H3,(H,18,19). The maximum absolute atomic E-state index is 12.2. The third-order valence-electron chi connectivity index (χ3n) is 2.92. The van der Waals surface area contributed by atoms with Crippen LogP contribution in [-0.4, -0.2) is 10.9 Å². The number of hydrogen-bond donors (Lipinski definition) is 2. The first-order valence-electron chi connectivity index (χ1n) is 5.78. The van der Waals surface area contributed by atoms with E-state index in [1.54, 1.807) is 37.3 Å². The van der Waals surface area contributed by atoms with Crippen LogP contribution < -0.4 is 11.1 Å². The van der Waals surface area contributed by atoms with Crippen molar-refractivity contribution in [3.63, 3.8) is 0 Å². The predicted octanol–water partition coefficient (Wildman–Crippen LogP) is 3.19. The van der Waals surface area contributed by atoms with E-state index in [4.69, 9.17) is 17.3 Å². The Morgan fingerprint density at radius 2 is 2.00 bits per heavy atom. The summed E-state index contributed by atoms with van der Waals surface area (Å²) < 4.78 is 0. The van der Waals surface area contributed by atoms with Crippen molar-refractivity contribution >= 4 is 28.9 Å². The molecule has 0 fully saturated rings. The Kier molecular flexibility index (Phi) is 3.71. The fourth-order valence-electron chi connectivity index (χ4n) is 1.75. The Morgan fingerprint density at radius 3 is 2.68 bits per heavy atom. The molecular formula is C14H14ClN3O. The van der Waals surface area contributed by atoms with E-state index >= 15 is 0 Å². The average molecular weight is 276 g/mol. The Hall–Kier alpha value is -2.07. The lowest BCUT2D eigenvalue weighted by Crippen LogP contribution is -2.15. The van der Waals surface area contributed by atoms with Crippen molar-refractivity contribution in [2.75, 3.05) is 11.1 Å². The Labute approximate surface area is 116 Å². The molecule has 0 spiro atoms. The molecule has 19 heavy (non-hydrogen) atoms. The molecule has 1 heterocycles. The lowest BCUT2D eigenvalue weighted by Gasteiger charge is -2.10. The van der Waals surface area contributed by atoms with Gasteiger partial charge in [0.15, 0.2) is 0 Å². The van der Waals surface area contributed by atoms with E-state index in [1.807, 2.05) is 6.92 Å². The number of carbonyl (C=O) groups is 1. The molecule has 4 nitrogen and oxygen atoms in total. The van der Waals surface area contributed by atoms with Crippen molar-refractivity contribution in [3.8, 4) is 0 Å². The second-order valence-corrected chi connectivity index (χ2v) is 4.63. The van der Waals surface area contributed by atoms with Crippen LogP contribution in [0.2, 0.25) is 5.15 Å². The van der Waals surface area contributed by atoms with Crippen LogP contribution in [0.1, 0.15) is 21.6 Å². The molecule has 0 saturated heterocycles. The van der Waals surface area contributed by atoms with Crippen LogP contribution >= 0.6 is 11.6 Å². The summed E-state index contributed by atoms with van der Waals surface area (Å²) in [5, 5.41) is 3.20. The van der Waals surface area contributed by atoms with Gasteiger partial charge >= 0.3 is 0 Å². The van der Waals surface area contributed by atoms with E-state index in [9.17, 15) is 4.79 Å². The fraction of sp³-hybridized carbons (Fsp3) is 0.143. The van der Waals surface area contributed by atoms with Crippen LogP contribution in [0.5, 0.6) is 0 Å². The summed E-state index contributed by atoms with van der Waals surface area (Å²) >= 11 is 5.78. The van der Waals surface area contributed by atoms with Crippen molar-refractivity contribution in [1.82, 2.24) is 4.98 Å². The zero-order valence-corrected chi connectivity index (χ0v) is 11.5. The number of aromatic nitrogens is 1. The van der Waals surface area contributed by atoms with Crippen LogP contribution in [-0.2, 0) is 0 Å². The zero-order chi connectivity index (χ0) is 14.0. The third kappa shape index (κ3) is 2.85. The van der Waals surface area contributed by atoms with E-state index in [2.05, 4.69) is 10.3 Å². The van der Waals surface area contributed by atoms with Crippen molar-refractivity contribution in [3.05, 3.63) is 52.3 Å². The number of nitrogens with zero attached hydrogens (tertiary/aromatic N) is 1. The molecule has 0 aliphatic carbocycles. The largest absolute Gasteiger partial charge is 0.398 e. The molecule has 1 aromatic heterocycles. The Morgan fingerprint density at radius 1 is 1.26 bits per heavy atom. The molecule has 2 rings (SSSR count). The summed E-state index contributed by atoms with van der Waals surface area (Å²) in [5.41, 5.74) is 9.01. The van der Waals surface area contributed by atoms with Crippen LogP contribution in [0, 0.1) is 13.8 Å². The molecule has 5 heteroatoms. The van der Waals surface area contributed by atoms with Crippen molar-refractivity contribution in [2.24, 2.45) is 0 Å². The smallest absolute Gasteiger partial charge is 0.256 e. The normalized spacial score (nSPS) is 10.3. The lowest BCUT2D eigenvalue weighted by atomic mass is 10.1. The molecule has 0 atom stereocenters. The van der Waals surface area contributed by atoms with Gasteiger partial charge in [-0.1, -0.05) is 17.7 Å². The van der Waals surface area contributed by atoms with Gasteiger partial charge in [0.25, 0.3) is 5.91 Å². The van der Waals surface area contributed by atoms with Gasteiger partial charge in [0, 0.05) is 11.3 Å². The lowest BCUT2D eigenvalue weighted by molar-refractivity contribution is 0.102. The van der Waals surface area contributed by atoms with Gasteiger partial charge in [-0.2, -0.15) is 0 Å². The third-order valence-corrected chi connectivity index (χ3v) is 3.13. The van der Waals surface area contributed by atoms with Crippen LogP contribution in [0.15, 0.2) is 30.3 Å². The molecule has 0 bridgehead atoms. The SMILES string of the molecule is Cc1nc(Cl)ccc1NC(=O)c1cccc(N)c1C. The minimum atomic E-state index is -0.211. The summed E-state index contributed by atoms with van der Waals surface area (Å²) in [6.07, 6.45) is 0. The summed E-state index contributed by atoms with van der Waals surface area (Å²) in [4.78, 5) is 16.3. The van der Waals surface area contributed by atoms with Crippen LogP contribution in [0.25, 0.3) is 0 Å². The number of hydrogen-bond acceptors (Lipinski definition) is 3. The van der Waals surface area contributed by atoms with E-state index in [1.165, 1.54) is 0 Å². The first kappa shape index (κ1) is 13.4. The highest BCUT2D eigenvalue weighted by Gasteiger charge is 2.12. The molecule has 0 unspecified atom stereocenters. The van der Waals surface area contributed by atoms with Gasteiger partial charge in [-0.05, 0) is 43.7 Å². The van der Waals surface area contributed by atoms with Gasteiger partial charge in [-0.25, -0.2) is 4.98 Å². The highest BCUT2D eigenvalue weighted by Crippen LogP contribution is 2.19. The number of pyridine rings is 1. The average Bonchev–Trinajstić information content (AvgIpc) is 2.36. The number of nitrogens with two attached hydrogens (primary N) is 1. The number of anilines is 2. The molecule has 3 N–H and O–H groups in total. The van der Waals surface area contributed by atoms with Gasteiger partial charge < -0.3 is 11.1 Å². The molecule has 1 aromatic carbocycles. The van der Waals surface area contributed by atoms with Gasteiger partial charge in [0.2, 0.25) is 0 Å². The highest BCUT2D eigenvalue weighted by molar-refractivity contribution is 6.29. The number of aryl methyl sites for hydroxylation is 1. The summed E-state index contributed by atoms with van der Waals surface area (Å²) in [6, 6.07) is 8.62. The predicted molar refractivity (Wildman–Crippen MR) is 77.5 cm³/mol. The Bertz CT molecular complexity index is 641. The van der Waals surface area contributed by atoms with E-state index in [0.29, 0.717) is 27.8 Å². The Balaban J connectivity index is 2.28. The molecule has 0 aliphatic rings. The van der Waals surface area contributed by atoms with E-state index in [-0.39, 0.29) is 5.91 Å². The number of nitrogens with one attached hydrogen (secondary N) is 1. The van der Waals surface area contributed by atoms with E-state index < -0.39 is 0 Å².